The van der Waals surface area contributed by atoms with Gasteiger partial charge in [0.05, 0.1) is 6.10 Å². The molecular formula is C20H25N2O6P. The molecule has 9 heteroatoms. The van der Waals surface area contributed by atoms with E-state index < -0.39 is 31.8 Å². The van der Waals surface area contributed by atoms with Gasteiger partial charge in [0.15, 0.2) is 6.04 Å². The van der Waals surface area contributed by atoms with E-state index in [0.29, 0.717) is 6.42 Å². The number of aryl methyl sites for hydroxylation is 1. The average Bonchev–Trinajstić information content (AvgIpc) is 2.66. The largest absolute Gasteiger partial charge is 0.480 e. The number of amides is 1. The topological polar surface area (TPSA) is 125 Å². The van der Waals surface area contributed by atoms with Gasteiger partial charge in [0.25, 0.3) is 5.91 Å². The van der Waals surface area contributed by atoms with E-state index in [-0.39, 0.29) is 12.1 Å². The summed E-state index contributed by atoms with van der Waals surface area (Å²) in [5.41, 5.74) is 2.21. The standard InChI is InChI=1S/C20H25N2O6P/c1-14-8-10-17(11-9-14)19(23)22-18(20(24)25)15(2)28-29(26,27)21-13-12-16-6-4-3-5-7-16/h3-11,15,18H,12-13H2,1-2H3,(H,22,23)(H,24,25)(H2,21,26,27)/t15-,18-/m0/s1. The van der Waals surface area contributed by atoms with E-state index in [1.165, 1.54) is 6.92 Å². The molecule has 0 saturated heterocycles. The van der Waals surface area contributed by atoms with Crippen molar-refractivity contribution < 1.29 is 28.7 Å². The molecule has 0 heterocycles. The Labute approximate surface area is 169 Å². The minimum Gasteiger partial charge on any atom is -0.480 e. The summed E-state index contributed by atoms with van der Waals surface area (Å²) in [4.78, 5) is 33.8. The number of carbonyl (C=O) groups is 2. The highest BCUT2D eigenvalue weighted by atomic mass is 31.2. The van der Waals surface area contributed by atoms with E-state index in [2.05, 4.69) is 10.4 Å². The zero-order chi connectivity index (χ0) is 21.4. The molecule has 3 atom stereocenters. The first-order chi connectivity index (χ1) is 13.7. The van der Waals surface area contributed by atoms with Crippen LogP contribution >= 0.6 is 7.75 Å². The normalized spacial score (nSPS) is 15.1. The van der Waals surface area contributed by atoms with Gasteiger partial charge in [-0.05, 0) is 38.0 Å². The van der Waals surface area contributed by atoms with Crippen LogP contribution in [0.25, 0.3) is 0 Å². The van der Waals surface area contributed by atoms with E-state index in [9.17, 15) is 24.2 Å². The summed E-state index contributed by atoms with van der Waals surface area (Å²) in [6.45, 7) is 3.34. The Hall–Kier alpha value is -2.51. The van der Waals surface area contributed by atoms with Gasteiger partial charge in [-0.25, -0.2) is 14.4 Å². The quantitative estimate of drug-likeness (QED) is 0.435. The number of aliphatic carboxylic acids is 1. The Bertz CT molecular complexity index is 872. The third kappa shape index (κ3) is 7.44. The van der Waals surface area contributed by atoms with Crippen LogP contribution < -0.4 is 10.4 Å². The van der Waals surface area contributed by atoms with Crippen molar-refractivity contribution in [3.8, 4) is 0 Å². The highest BCUT2D eigenvalue weighted by Crippen LogP contribution is 2.38. The van der Waals surface area contributed by atoms with Gasteiger partial charge in [-0.3, -0.25) is 9.32 Å². The maximum atomic E-state index is 12.3. The minimum atomic E-state index is -4.27. The first-order valence-electron chi connectivity index (χ1n) is 9.08. The molecule has 1 unspecified atom stereocenters. The van der Waals surface area contributed by atoms with Crippen molar-refractivity contribution >= 4 is 19.6 Å². The Morgan fingerprint density at radius 2 is 1.72 bits per heavy atom. The van der Waals surface area contributed by atoms with Gasteiger partial charge >= 0.3 is 13.7 Å². The lowest BCUT2D eigenvalue weighted by molar-refractivity contribution is -0.141. The second-order valence-electron chi connectivity index (χ2n) is 6.63. The van der Waals surface area contributed by atoms with Crippen LogP contribution in [0.4, 0.5) is 0 Å². The van der Waals surface area contributed by atoms with Crippen LogP contribution in [0, 0.1) is 6.92 Å². The predicted molar refractivity (Wildman–Crippen MR) is 109 cm³/mol. The van der Waals surface area contributed by atoms with Gasteiger partial charge < -0.3 is 15.3 Å². The summed E-state index contributed by atoms with van der Waals surface area (Å²) >= 11 is 0. The molecule has 0 fully saturated rings. The lowest BCUT2D eigenvalue weighted by atomic mass is 10.1. The fourth-order valence-electron chi connectivity index (χ4n) is 2.62. The summed E-state index contributed by atoms with van der Waals surface area (Å²) in [7, 11) is -4.27. The van der Waals surface area contributed by atoms with Crippen molar-refractivity contribution in [3.63, 3.8) is 0 Å². The number of hydrogen-bond acceptors (Lipinski definition) is 4. The van der Waals surface area contributed by atoms with Gasteiger partial charge in [-0.15, -0.1) is 0 Å². The molecule has 29 heavy (non-hydrogen) atoms. The molecule has 0 saturated carbocycles. The van der Waals surface area contributed by atoms with E-state index in [0.717, 1.165) is 11.1 Å². The minimum absolute atomic E-state index is 0.165. The number of carboxylic acid groups (broad SMARTS) is 1. The van der Waals surface area contributed by atoms with Crippen molar-refractivity contribution in [2.24, 2.45) is 0 Å². The fourth-order valence-corrected chi connectivity index (χ4v) is 3.66. The first-order valence-corrected chi connectivity index (χ1v) is 10.7. The second-order valence-corrected chi connectivity index (χ2v) is 8.20. The molecule has 0 spiro atoms. The highest BCUT2D eigenvalue weighted by Gasteiger charge is 2.33. The van der Waals surface area contributed by atoms with Crippen molar-refractivity contribution in [1.29, 1.82) is 0 Å². The molecule has 2 rings (SSSR count). The van der Waals surface area contributed by atoms with Crippen LogP contribution in [0.3, 0.4) is 0 Å². The Morgan fingerprint density at radius 3 is 2.31 bits per heavy atom. The van der Waals surface area contributed by atoms with Crippen LogP contribution in [-0.2, 0) is 20.3 Å². The van der Waals surface area contributed by atoms with E-state index in [1.54, 1.807) is 24.3 Å². The van der Waals surface area contributed by atoms with Crippen molar-refractivity contribution in [3.05, 3.63) is 71.3 Å². The van der Waals surface area contributed by atoms with Crippen LogP contribution in [0.2, 0.25) is 0 Å². The van der Waals surface area contributed by atoms with E-state index in [4.69, 9.17) is 4.52 Å². The number of rotatable bonds is 10. The maximum Gasteiger partial charge on any atom is 0.403 e. The third-order valence-corrected chi connectivity index (χ3v) is 5.45. The van der Waals surface area contributed by atoms with Crippen LogP contribution in [0.1, 0.15) is 28.4 Å². The molecule has 156 valence electrons. The second kappa shape index (κ2) is 10.3. The highest BCUT2D eigenvalue weighted by molar-refractivity contribution is 7.50. The summed E-state index contributed by atoms with van der Waals surface area (Å²) in [5, 5.41) is 14.2. The van der Waals surface area contributed by atoms with Gasteiger partial charge in [0.1, 0.15) is 0 Å². The Morgan fingerprint density at radius 1 is 1.10 bits per heavy atom. The molecule has 0 radical (unpaired) electrons. The van der Waals surface area contributed by atoms with Crippen molar-refractivity contribution in [2.45, 2.75) is 32.4 Å². The van der Waals surface area contributed by atoms with Crippen LogP contribution in [0.15, 0.2) is 54.6 Å². The van der Waals surface area contributed by atoms with Crippen LogP contribution in [0.5, 0.6) is 0 Å². The zero-order valence-electron chi connectivity index (χ0n) is 16.2. The Balaban J connectivity index is 1.93. The molecule has 0 aliphatic carbocycles. The molecule has 0 aromatic heterocycles. The molecule has 1 amide bonds. The average molecular weight is 420 g/mol. The molecular weight excluding hydrogens is 395 g/mol. The summed E-state index contributed by atoms with van der Waals surface area (Å²) in [5.74, 6) is -1.99. The number of hydrogen-bond donors (Lipinski definition) is 4. The third-order valence-electron chi connectivity index (χ3n) is 4.21. The van der Waals surface area contributed by atoms with Crippen molar-refractivity contribution in [1.82, 2.24) is 10.4 Å². The van der Waals surface area contributed by atoms with Crippen molar-refractivity contribution in [2.75, 3.05) is 6.54 Å². The fraction of sp³-hybridized carbons (Fsp3) is 0.300. The maximum absolute atomic E-state index is 12.3. The van der Waals surface area contributed by atoms with Gasteiger partial charge in [0, 0.05) is 12.1 Å². The molecule has 2 aromatic carbocycles. The van der Waals surface area contributed by atoms with E-state index in [1.807, 2.05) is 37.3 Å². The number of carboxylic acids is 1. The number of nitrogens with one attached hydrogen (secondary N) is 2. The molecule has 0 aliphatic heterocycles. The molecule has 0 aliphatic rings. The Kier molecular flexibility index (Phi) is 8.10. The molecule has 2 aromatic rings. The lowest BCUT2D eigenvalue weighted by Crippen LogP contribution is -2.48. The molecule has 4 N–H and O–H groups in total. The van der Waals surface area contributed by atoms with Gasteiger partial charge in [-0.1, -0.05) is 48.0 Å². The van der Waals surface area contributed by atoms with Crippen LogP contribution in [-0.4, -0.2) is 40.6 Å². The summed E-state index contributed by atoms with van der Waals surface area (Å²) < 4.78 is 17.3. The monoisotopic (exact) mass is 420 g/mol. The number of benzene rings is 2. The predicted octanol–water partition coefficient (Wildman–Crippen LogP) is 2.52. The number of carbonyl (C=O) groups excluding carboxylic acids is 1. The SMILES string of the molecule is Cc1ccc(C(=O)N[C@H](C(=O)O)[C@H](C)OP(=O)(O)NCCc2ccccc2)cc1. The molecule has 8 nitrogen and oxygen atoms in total. The van der Waals surface area contributed by atoms with Gasteiger partial charge in [-0.2, -0.15) is 0 Å². The lowest BCUT2D eigenvalue weighted by Gasteiger charge is -2.24. The summed E-state index contributed by atoms with van der Waals surface area (Å²) in [6, 6.07) is 14.4. The van der Waals surface area contributed by atoms with E-state index >= 15 is 0 Å². The zero-order valence-corrected chi connectivity index (χ0v) is 17.1. The smallest absolute Gasteiger partial charge is 0.403 e. The molecule has 0 bridgehead atoms. The first kappa shape index (κ1) is 22.8. The van der Waals surface area contributed by atoms with Gasteiger partial charge in [0.2, 0.25) is 0 Å². The summed E-state index contributed by atoms with van der Waals surface area (Å²) in [6.07, 6.45) is -0.753.